The molecular weight excluding hydrogens is 510 g/mol. The number of fused-ring (bicyclic) bond motifs is 3. The van der Waals surface area contributed by atoms with Crippen molar-refractivity contribution in [2.24, 2.45) is 0 Å². The molecule has 208 valence electrons. The number of rotatable bonds is 6. The minimum absolute atomic E-state index is 0.206. The largest absolute Gasteiger partial charge is 0.492 e. The Balaban J connectivity index is 1.51. The Hall–Kier alpha value is -4.78. The van der Waals surface area contributed by atoms with Gasteiger partial charge in [0.15, 0.2) is 0 Å². The second kappa shape index (κ2) is 11.0. The summed E-state index contributed by atoms with van der Waals surface area (Å²) in [6.45, 7) is 9.23. The molecule has 1 atom stereocenters. The third-order valence-electron chi connectivity index (χ3n) is 7.70. The second-order valence-corrected chi connectivity index (χ2v) is 10.6. The van der Waals surface area contributed by atoms with Crippen molar-refractivity contribution in [2.45, 2.75) is 46.2 Å². The van der Waals surface area contributed by atoms with Gasteiger partial charge in [-0.2, -0.15) is 5.10 Å². The van der Waals surface area contributed by atoms with E-state index in [-0.39, 0.29) is 12.1 Å². The van der Waals surface area contributed by atoms with Crippen molar-refractivity contribution in [1.29, 1.82) is 0 Å². The van der Waals surface area contributed by atoms with Crippen LogP contribution in [0.25, 0.3) is 11.5 Å². The van der Waals surface area contributed by atoms with Crippen molar-refractivity contribution in [1.82, 2.24) is 19.2 Å². The molecule has 0 fully saturated rings. The van der Waals surface area contributed by atoms with Gasteiger partial charge in [0.05, 0.1) is 42.0 Å². The average molecular weight is 546 g/mol. The second-order valence-electron chi connectivity index (χ2n) is 10.6. The van der Waals surface area contributed by atoms with Crippen molar-refractivity contribution in [2.75, 3.05) is 11.9 Å². The highest BCUT2D eigenvalue weighted by molar-refractivity contribution is 5.91. The molecule has 0 saturated carbocycles. The van der Waals surface area contributed by atoms with Crippen molar-refractivity contribution in [3.8, 4) is 17.3 Å². The van der Waals surface area contributed by atoms with Crippen LogP contribution in [0.2, 0.25) is 0 Å². The maximum absolute atomic E-state index is 14.3. The summed E-state index contributed by atoms with van der Waals surface area (Å²) in [5.41, 5.74) is 6.80. The Labute approximate surface area is 241 Å². The summed E-state index contributed by atoms with van der Waals surface area (Å²) in [7, 11) is 0. The number of benzene rings is 3. The average Bonchev–Trinajstić information content (AvgIpc) is 3.55. The number of carbonyl (C=O) groups is 1. The SMILES string of the molecule is CCOc1ccccc1NC(=O)N1Cc2c(C)nn(-c3ccccc3)c2-n2cccc2[C@@H]1c1ccc(C(C)C)cc1. The van der Waals surface area contributed by atoms with Gasteiger partial charge in [-0.05, 0) is 67.3 Å². The number of hydrogen-bond acceptors (Lipinski definition) is 3. The molecule has 6 rings (SSSR count). The number of nitrogens with zero attached hydrogens (tertiary/aromatic N) is 4. The molecule has 5 aromatic rings. The first-order chi connectivity index (χ1) is 20.0. The number of para-hydroxylation sites is 3. The summed E-state index contributed by atoms with van der Waals surface area (Å²) in [5, 5.41) is 8.10. The van der Waals surface area contributed by atoms with E-state index in [1.165, 1.54) is 5.56 Å². The highest BCUT2D eigenvalue weighted by Gasteiger charge is 2.36. The summed E-state index contributed by atoms with van der Waals surface area (Å²) >= 11 is 0. The van der Waals surface area contributed by atoms with Crippen LogP contribution in [0, 0.1) is 6.92 Å². The van der Waals surface area contributed by atoms with E-state index in [0.29, 0.717) is 30.5 Å². The predicted octanol–water partition coefficient (Wildman–Crippen LogP) is 7.63. The van der Waals surface area contributed by atoms with Gasteiger partial charge < -0.3 is 19.5 Å². The molecule has 2 aromatic heterocycles. The summed E-state index contributed by atoms with van der Waals surface area (Å²) < 4.78 is 9.99. The first kappa shape index (κ1) is 26.4. The minimum Gasteiger partial charge on any atom is -0.492 e. The van der Waals surface area contributed by atoms with Gasteiger partial charge in [0.1, 0.15) is 11.6 Å². The Morgan fingerprint density at radius 2 is 1.71 bits per heavy atom. The molecule has 3 heterocycles. The van der Waals surface area contributed by atoms with Gasteiger partial charge in [-0.3, -0.25) is 0 Å². The zero-order valence-electron chi connectivity index (χ0n) is 23.9. The molecule has 41 heavy (non-hydrogen) atoms. The van der Waals surface area contributed by atoms with E-state index in [9.17, 15) is 4.79 Å². The topological polar surface area (TPSA) is 64.3 Å². The van der Waals surface area contributed by atoms with Crippen molar-refractivity contribution >= 4 is 11.7 Å². The molecule has 1 aliphatic rings. The first-order valence-electron chi connectivity index (χ1n) is 14.2. The normalized spacial score (nSPS) is 14.4. The van der Waals surface area contributed by atoms with Crippen LogP contribution in [-0.4, -0.2) is 31.9 Å². The van der Waals surface area contributed by atoms with E-state index < -0.39 is 0 Å². The van der Waals surface area contributed by atoms with Gasteiger partial charge in [-0.15, -0.1) is 0 Å². The lowest BCUT2D eigenvalue weighted by molar-refractivity contribution is 0.194. The van der Waals surface area contributed by atoms with Gasteiger partial charge in [0, 0.05) is 11.8 Å². The van der Waals surface area contributed by atoms with Gasteiger partial charge in [0.2, 0.25) is 0 Å². The number of carbonyl (C=O) groups excluding carboxylic acids is 1. The Kier molecular flexibility index (Phi) is 7.10. The predicted molar refractivity (Wildman–Crippen MR) is 162 cm³/mol. The highest BCUT2D eigenvalue weighted by atomic mass is 16.5. The molecule has 0 unspecified atom stereocenters. The fourth-order valence-corrected chi connectivity index (χ4v) is 5.60. The monoisotopic (exact) mass is 545 g/mol. The van der Waals surface area contributed by atoms with Crippen LogP contribution < -0.4 is 10.1 Å². The molecule has 0 aliphatic carbocycles. The highest BCUT2D eigenvalue weighted by Crippen LogP contribution is 2.39. The van der Waals surface area contributed by atoms with E-state index in [2.05, 4.69) is 72.4 Å². The zero-order valence-corrected chi connectivity index (χ0v) is 23.9. The smallest absolute Gasteiger partial charge is 0.323 e. The van der Waals surface area contributed by atoms with Crippen LogP contribution in [0.1, 0.15) is 60.8 Å². The van der Waals surface area contributed by atoms with Crippen LogP contribution in [0.15, 0.2) is 97.2 Å². The van der Waals surface area contributed by atoms with Gasteiger partial charge in [-0.25, -0.2) is 9.48 Å². The summed E-state index contributed by atoms with van der Waals surface area (Å²) in [4.78, 5) is 16.2. The van der Waals surface area contributed by atoms with Crippen LogP contribution in [0.3, 0.4) is 0 Å². The molecule has 1 N–H and O–H groups in total. The minimum atomic E-state index is -0.332. The van der Waals surface area contributed by atoms with Gasteiger partial charge in [-0.1, -0.05) is 68.4 Å². The van der Waals surface area contributed by atoms with Crippen LogP contribution in [0.4, 0.5) is 10.5 Å². The fraction of sp³-hybridized carbons (Fsp3) is 0.235. The third-order valence-corrected chi connectivity index (χ3v) is 7.70. The lowest BCUT2D eigenvalue weighted by Gasteiger charge is -2.31. The molecule has 7 heteroatoms. The Morgan fingerprint density at radius 1 is 0.976 bits per heavy atom. The lowest BCUT2D eigenvalue weighted by atomic mass is 9.97. The molecule has 7 nitrogen and oxygen atoms in total. The van der Waals surface area contributed by atoms with E-state index >= 15 is 0 Å². The summed E-state index contributed by atoms with van der Waals surface area (Å²) in [6.07, 6.45) is 2.07. The van der Waals surface area contributed by atoms with E-state index in [4.69, 9.17) is 9.84 Å². The number of amides is 2. The van der Waals surface area contributed by atoms with Crippen molar-refractivity contribution in [3.05, 3.63) is 125 Å². The van der Waals surface area contributed by atoms with E-state index in [0.717, 1.165) is 34.0 Å². The standard InChI is InChI=1S/C34H35N5O2/c1-5-41-31-16-10-9-14-29(31)35-34(40)38-22-28-24(4)36-39(27-12-7-6-8-13-27)33(28)37-21-11-15-30(37)32(38)26-19-17-25(18-20-26)23(2)3/h6-21,23,32H,5,22H2,1-4H3,(H,35,40)/t32-/m0/s1. The molecule has 0 spiro atoms. The number of nitrogens with one attached hydrogen (secondary N) is 1. The zero-order chi connectivity index (χ0) is 28.5. The summed E-state index contributed by atoms with van der Waals surface area (Å²) in [5.74, 6) is 2.01. The molecule has 1 aliphatic heterocycles. The number of aryl methyl sites for hydroxylation is 1. The number of urea groups is 1. The fourth-order valence-electron chi connectivity index (χ4n) is 5.60. The van der Waals surface area contributed by atoms with E-state index in [1.54, 1.807) is 0 Å². The van der Waals surface area contributed by atoms with Gasteiger partial charge in [0.25, 0.3) is 0 Å². The van der Waals surface area contributed by atoms with Crippen LogP contribution in [0.5, 0.6) is 5.75 Å². The first-order valence-corrected chi connectivity index (χ1v) is 14.2. The lowest BCUT2D eigenvalue weighted by Crippen LogP contribution is -2.38. The van der Waals surface area contributed by atoms with Crippen LogP contribution in [-0.2, 0) is 6.54 Å². The molecule has 3 aromatic carbocycles. The Morgan fingerprint density at radius 3 is 2.44 bits per heavy atom. The maximum Gasteiger partial charge on any atom is 0.323 e. The molecule has 2 amide bonds. The number of hydrogen-bond donors (Lipinski definition) is 1. The Bertz CT molecular complexity index is 1670. The van der Waals surface area contributed by atoms with Crippen molar-refractivity contribution in [3.63, 3.8) is 0 Å². The van der Waals surface area contributed by atoms with Crippen LogP contribution >= 0.6 is 0 Å². The number of ether oxygens (including phenoxy) is 1. The molecular formula is C34H35N5O2. The van der Waals surface area contributed by atoms with E-state index in [1.807, 2.05) is 72.0 Å². The summed E-state index contributed by atoms with van der Waals surface area (Å²) in [6, 6.07) is 29.9. The number of aromatic nitrogens is 3. The van der Waals surface area contributed by atoms with Crippen molar-refractivity contribution < 1.29 is 9.53 Å². The molecule has 0 bridgehead atoms. The van der Waals surface area contributed by atoms with Gasteiger partial charge >= 0.3 is 6.03 Å². The number of anilines is 1. The molecule has 0 saturated heterocycles. The third kappa shape index (κ3) is 4.88. The molecule has 0 radical (unpaired) electrons. The quantitative estimate of drug-likeness (QED) is 0.239. The maximum atomic E-state index is 14.3.